The Kier molecular flexibility index (Phi) is 7.89. The molecule has 0 unspecified atom stereocenters. The number of hydrogen-bond acceptors (Lipinski definition) is 5. The first-order chi connectivity index (χ1) is 9.30. The lowest BCUT2D eigenvalue weighted by atomic mass is 10.2. The fourth-order valence-electron chi connectivity index (χ4n) is 1.82. The molecule has 0 aliphatic carbocycles. The summed E-state index contributed by atoms with van der Waals surface area (Å²) in [6, 6.07) is 1.95. The van der Waals surface area contributed by atoms with Crippen molar-refractivity contribution >= 4 is 11.6 Å². The van der Waals surface area contributed by atoms with Crippen molar-refractivity contribution in [1.29, 1.82) is 0 Å². The molecule has 5 heteroatoms. The number of unbranched alkanes of at least 4 members (excludes halogenated alkanes) is 2. The van der Waals surface area contributed by atoms with Crippen LogP contribution in [-0.4, -0.2) is 34.8 Å². The Morgan fingerprint density at radius 1 is 1.05 bits per heavy atom. The van der Waals surface area contributed by atoms with E-state index in [1.54, 1.807) is 0 Å². The molecular formula is C14H26N4O. The van der Waals surface area contributed by atoms with Crippen LogP contribution in [0, 0.1) is 0 Å². The molecule has 0 fully saturated rings. The maximum atomic E-state index is 8.72. The first-order valence-electron chi connectivity index (χ1n) is 7.26. The quantitative estimate of drug-likeness (QED) is 0.567. The van der Waals surface area contributed by atoms with E-state index in [-0.39, 0.29) is 6.61 Å². The highest BCUT2D eigenvalue weighted by Gasteiger charge is 2.03. The highest BCUT2D eigenvalue weighted by molar-refractivity contribution is 5.47. The zero-order valence-corrected chi connectivity index (χ0v) is 12.1. The van der Waals surface area contributed by atoms with Crippen molar-refractivity contribution in [3.8, 4) is 0 Å². The molecule has 3 N–H and O–H groups in total. The van der Waals surface area contributed by atoms with Gasteiger partial charge in [-0.15, -0.1) is 0 Å². The fraction of sp³-hybridized carbons (Fsp3) is 0.714. The lowest BCUT2D eigenvalue weighted by Crippen LogP contribution is -2.09. The van der Waals surface area contributed by atoms with Crippen LogP contribution < -0.4 is 10.6 Å². The van der Waals surface area contributed by atoms with Crippen LogP contribution in [0.5, 0.6) is 0 Å². The van der Waals surface area contributed by atoms with Gasteiger partial charge in [0.05, 0.1) is 0 Å². The molecule has 0 spiro atoms. The molecule has 19 heavy (non-hydrogen) atoms. The Morgan fingerprint density at radius 3 is 2.42 bits per heavy atom. The van der Waals surface area contributed by atoms with Gasteiger partial charge in [-0.3, -0.25) is 0 Å². The maximum absolute atomic E-state index is 8.72. The van der Waals surface area contributed by atoms with Crippen molar-refractivity contribution in [3.05, 3.63) is 11.9 Å². The highest BCUT2D eigenvalue weighted by Crippen LogP contribution is 2.12. The molecule has 1 heterocycles. The summed E-state index contributed by atoms with van der Waals surface area (Å²) in [5.41, 5.74) is 0. The molecule has 108 valence electrons. The van der Waals surface area contributed by atoms with E-state index < -0.39 is 0 Å². The number of nitrogens with zero attached hydrogens (tertiary/aromatic N) is 2. The number of aryl methyl sites for hydroxylation is 1. The summed E-state index contributed by atoms with van der Waals surface area (Å²) in [5, 5.41) is 15.3. The van der Waals surface area contributed by atoms with Gasteiger partial charge in [-0.25, -0.2) is 9.97 Å². The molecule has 5 nitrogen and oxygen atoms in total. The molecule has 0 bridgehead atoms. The Balaban J connectivity index is 2.54. The predicted octanol–water partition coefficient (Wildman–Crippen LogP) is 2.44. The summed E-state index contributed by atoms with van der Waals surface area (Å²) in [6.07, 6.45) is 4.90. The van der Waals surface area contributed by atoms with Crippen molar-refractivity contribution in [3.63, 3.8) is 0 Å². The Hall–Kier alpha value is -1.36. The second kappa shape index (κ2) is 9.55. The van der Waals surface area contributed by atoms with Crippen LogP contribution >= 0.6 is 0 Å². The van der Waals surface area contributed by atoms with Crippen LogP contribution in [0.25, 0.3) is 0 Å². The van der Waals surface area contributed by atoms with Gasteiger partial charge in [-0.2, -0.15) is 0 Å². The van der Waals surface area contributed by atoms with Gasteiger partial charge in [0, 0.05) is 32.2 Å². The number of aliphatic hydroxyl groups is 1. The first-order valence-corrected chi connectivity index (χ1v) is 7.26. The van der Waals surface area contributed by atoms with E-state index in [1.807, 2.05) is 6.07 Å². The van der Waals surface area contributed by atoms with Gasteiger partial charge in [0.25, 0.3) is 0 Å². The monoisotopic (exact) mass is 266 g/mol. The number of aromatic nitrogens is 2. The van der Waals surface area contributed by atoms with Crippen LogP contribution in [0.1, 0.15) is 45.4 Å². The zero-order chi connectivity index (χ0) is 13.9. The minimum atomic E-state index is 0.277. The number of hydrogen-bond donors (Lipinski definition) is 3. The molecule has 1 rings (SSSR count). The Bertz CT molecular complexity index is 333. The van der Waals surface area contributed by atoms with E-state index in [2.05, 4.69) is 34.4 Å². The minimum Gasteiger partial charge on any atom is -0.396 e. The minimum absolute atomic E-state index is 0.277. The van der Waals surface area contributed by atoms with Gasteiger partial charge in [0.15, 0.2) is 0 Å². The van der Waals surface area contributed by atoms with E-state index >= 15 is 0 Å². The average Bonchev–Trinajstić information content (AvgIpc) is 2.39. The van der Waals surface area contributed by atoms with Crippen LogP contribution in [-0.2, 0) is 6.42 Å². The lowest BCUT2D eigenvalue weighted by molar-refractivity contribution is 0.283. The molecule has 0 aliphatic rings. The van der Waals surface area contributed by atoms with Gasteiger partial charge in [-0.1, -0.05) is 6.92 Å². The topological polar surface area (TPSA) is 70.1 Å². The van der Waals surface area contributed by atoms with Crippen molar-refractivity contribution in [2.75, 3.05) is 30.3 Å². The molecule has 0 amide bonds. The summed E-state index contributed by atoms with van der Waals surface area (Å²) in [6.45, 7) is 6.21. The second-order valence-electron chi connectivity index (χ2n) is 4.55. The third-order valence-corrected chi connectivity index (χ3v) is 2.74. The molecule has 0 saturated carbocycles. The molecule has 1 aromatic heterocycles. The van der Waals surface area contributed by atoms with E-state index in [1.165, 1.54) is 0 Å². The molecule has 0 atom stereocenters. The Labute approximate surface area is 115 Å². The molecular weight excluding hydrogens is 240 g/mol. The fourth-order valence-corrected chi connectivity index (χ4v) is 1.82. The van der Waals surface area contributed by atoms with Crippen molar-refractivity contribution in [2.24, 2.45) is 0 Å². The number of anilines is 2. The number of rotatable bonds is 10. The molecule has 0 aromatic carbocycles. The third-order valence-electron chi connectivity index (χ3n) is 2.74. The van der Waals surface area contributed by atoms with Crippen LogP contribution in [0.4, 0.5) is 11.6 Å². The average molecular weight is 266 g/mol. The van der Waals surface area contributed by atoms with Crippen LogP contribution in [0.15, 0.2) is 6.07 Å². The zero-order valence-electron chi connectivity index (χ0n) is 12.1. The molecule has 0 saturated heterocycles. The maximum Gasteiger partial charge on any atom is 0.133 e. The van der Waals surface area contributed by atoms with Gasteiger partial charge >= 0.3 is 0 Å². The lowest BCUT2D eigenvalue weighted by Gasteiger charge is -2.10. The summed E-state index contributed by atoms with van der Waals surface area (Å²) >= 11 is 0. The highest BCUT2D eigenvalue weighted by atomic mass is 16.2. The SMILES string of the molecule is CCCc1nc(NCC)cc(NCCCCCO)n1. The van der Waals surface area contributed by atoms with E-state index in [4.69, 9.17) is 5.11 Å². The number of nitrogens with one attached hydrogen (secondary N) is 2. The summed E-state index contributed by atoms with van der Waals surface area (Å²) in [5.74, 6) is 2.66. The predicted molar refractivity (Wildman–Crippen MR) is 79.6 cm³/mol. The smallest absolute Gasteiger partial charge is 0.133 e. The van der Waals surface area contributed by atoms with Crippen molar-refractivity contribution < 1.29 is 5.11 Å². The van der Waals surface area contributed by atoms with Crippen molar-refractivity contribution in [1.82, 2.24) is 9.97 Å². The molecule has 1 aromatic rings. The summed E-state index contributed by atoms with van der Waals surface area (Å²) in [7, 11) is 0. The summed E-state index contributed by atoms with van der Waals surface area (Å²) < 4.78 is 0. The standard InChI is InChI=1S/C14H26N4O/c1-3-8-12-17-13(15-4-2)11-14(18-12)16-9-6-5-7-10-19/h11,19H,3-10H2,1-2H3,(H2,15,16,17,18). The second-order valence-corrected chi connectivity index (χ2v) is 4.55. The van der Waals surface area contributed by atoms with Crippen molar-refractivity contribution in [2.45, 2.75) is 46.0 Å². The molecule has 0 aliphatic heterocycles. The van der Waals surface area contributed by atoms with Gasteiger partial charge < -0.3 is 15.7 Å². The van der Waals surface area contributed by atoms with Crippen LogP contribution in [0.2, 0.25) is 0 Å². The van der Waals surface area contributed by atoms with Gasteiger partial charge in [-0.05, 0) is 32.6 Å². The first kappa shape index (κ1) is 15.7. The van der Waals surface area contributed by atoms with E-state index in [0.717, 1.165) is 62.7 Å². The third kappa shape index (κ3) is 6.38. The summed E-state index contributed by atoms with van der Waals surface area (Å²) in [4.78, 5) is 8.99. The largest absolute Gasteiger partial charge is 0.396 e. The van der Waals surface area contributed by atoms with Crippen LogP contribution in [0.3, 0.4) is 0 Å². The Morgan fingerprint density at radius 2 is 1.79 bits per heavy atom. The van der Waals surface area contributed by atoms with Gasteiger partial charge in [0.1, 0.15) is 17.5 Å². The van der Waals surface area contributed by atoms with E-state index in [0.29, 0.717) is 0 Å². The molecule has 0 radical (unpaired) electrons. The normalized spacial score (nSPS) is 10.5. The van der Waals surface area contributed by atoms with Gasteiger partial charge in [0.2, 0.25) is 0 Å². The van der Waals surface area contributed by atoms with E-state index in [9.17, 15) is 0 Å². The number of aliphatic hydroxyl groups excluding tert-OH is 1.